The van der Waals surface area contributed by atoms with E-state index in [9.17, 15) is 14.6 Å². The molecule has 4 atom stereocenters. The number of aliphatic hydroxyl groups is 3. The second-order valence-electron chi connectivity index (χ2n) is 4.95. The Labute approximate surface area is 134 Å². The number of carboxylic acids is 1. The summed E-state index contributed by atoms with van der Waals surface area (Å²) in [6.07, 6.45) is -4.38. The number of aromatic nitrogens is 4. The van der Waals surface area contributed by atoms with Crippen molar-refractivity contribution in [3.05, 3.63) is 12.4 Å². The maximum absolute atomic E-state index is 13.2. The van der Waals surface area contributed by atoms with Gasteiger partial charge in [-0.2, -0.15) is 14.4 Å². The molecule has 2 aromatic heterocycles. The maximum Gasteiger partial charge on any atom is 0.312 e. The number of hydrogen-bond donors (Lipinski definition) is 5. The fraction of sp³-hybridized carbons (Fsp3) is 0.500. The highest BCUT2D eigenvalue weighted by molar-refractivity contribution is 5.81. The third-order valence-corrected chi connectivity index (χ3v) is 3.21. The Morgan fingerprint density at radius 1 is 1.42 bits per heavy atom. The number of rotatable bonds is 2. The Morgan fingerprint density at radius 2 is 2.04 bits per heavy atom. The lowest BCUT2D eigenvalue weighted by Crippen LogP contribution is -2.33. The molecule has 1 aliphatic rings. The molecular formula is C12H16FN5O6. The van der Waals surface area contributed by atoms with Gasteiger partial charge in [-0.1, -0.05) is 0 Å². The van der Waals surface area contributed by atoms with Crippen LogP contribution < -0.4 is 5.73 Å². The predicted molar refractivity (Wildman–Crippen MR) is 76.0 cm³/mol. The van der Waals surface area contributed by atoms with Gasteiger partial charge in [-0.3, -0.25) is 9.36 Å². The lowest BCUT2D eigenvalue weighted by molar-refractivity contribution is -0.134. The topological polar surface area (TPSA) is 177 Å². The zero-order chi connectivity index (χ0) is 18.0. The molecule has 132 valence electrons. The summed E-state index contributed by atoms with van der Waals surface area (Å²) in [6.45, 7) is 0.618. The zero-order valence-corrected chi connectivity index (χ0v) is 12.4. The van der Waals surface area contributed by atoms with Gasteiger partial charge in [-0.15, -0.1) is 0 Å². The Morgan fingerprint density at radius 3 is 2.58 bits per heavy atom. The van der Waals surface area contributed by atoms with E-state index in [1.165, 1.54) is 10.9 Å². The molecule has 0 bridgehead atoms. The van der Waals surface area contributed by atoms with Crippen molar-refractivity contribution in [3.63, 3.8) is 0 Å². The minimum atomic E-state index is -1.32. The van der Waals surface area contributed by atoms with Crippen LogP contribution in [0.3, 0.4) is 0 Å². The predicted octanol–water partition coefficient (Wildman–Crippen LogP) is -1.75. The van der Waals surface area contributed by atoms with E-state index in [0.717, 1.165) is 6.92 Å². The number of nitrogens with zero attached hydrogens (tertiary/aromatic N) is 4. The summed E-state index contributed by atoms with van der Waals surface area (Å²) in [5, 5.41) is 36.1. The molecule has 0 saturated carbocycles. The number of imidazole rings is 1. The summed E-state index contributed by atoms with van der Waals surface area (Å²) in [5.41, 5.74) is 5.71. The van der Waals surface area contributed by atoms with Gasteiger partial charge in [0.1, 0.15) is 18.3 Å². The fourth-order valence-electron chi connectivity index (χ4n) is 2.21. The summed E-state index contributed by atoms with van der Waals surface area (Å²) in [7, 11) is 0. The fourth-order valence-corrected chi connectivity index (χ4v) is 2.21. The van der Waals surface area contributed by atoms with E-state index in [-0.39, 0.29) is 17.0 Å². The van der Waals surface area contributed by atoms with Crippen molar-refractivity contribution in [2.45, 2.75) is 31.5 Å². The first-order valence-corrected chi connectivity index (χ1v) is 6.73. The van der Waals surface area contributed by atoms with Gasteiger partial charge in [0.05, 0.1) is 12.9 Å². The maximum atomic E-state index is 13.2. The van der Waals surface area contributed by atoms with Crippen molar-refractivity contribution in [1.29, 1.82) is 0 Å². The Kier molecular flexibility index (Phi) is 5.23. The van der Waals surface area contributed by atoms with Crippen LogP contribution in [0.25, 0.3) is 11.2 Å². The van der Waals surface area contributed by atoms with Gasteiger partial charge in [-0.25, -0.2) is 4.98 Å². The smallest absolute Gasteiger partial charge is 0.312 e. The van der Waals surface area contributed by atoms with E-state index < -0.39 is 43.2 Å². The monoisotopic (exact) mass is 345 g/mol. The van der Waals surface area contributed by atoms with E-state index in [0.29, 0.717) is 0 Å². The number of fused-ring (bicyclic) bond motifs is 1. The second-order valence-corrected chi connectivity index (χ2v) is 4.95. The molecule has 24 heavy (non-hydrogen) atoms. The summed E-state index contributed by atoms with van der Waals surface area (Å²) in [6, 6.07) is 0. The molecule has 1 aliphatic heterocycles. The van der Waals surface area contributed by atoms with Crippen molar-refractivity contribution in [2.75, 3.05) is 12.3 Å². The average molecular weight is 345 g/mol. The first-order chi connectivity index (χ1) is 11.3. The molecule has 6 N–H and O–H groups in total. The minimum Gasteiger partial charge on any atom is -0.481 e. The lowest BCUT2D eigenvalue weighted by atomic mass is 10.1. The third kappa shape index (κ3) is 3.41. The van der Waals surface area contributed by atoms with Gasteiger partial charge < -0.3 is 30.9 Å². The number of carbonyl (C=O) groups is 1. The number of halogens is 1. The molecular weight excluding hydrogens is 329 g/mol. The average Bonchev–Trinajstić information content (AvgIpc) is 3.01. The number of anilines is 1. The standard InChI is InChI=1S/C10H12FN5O4.C2H4O2/c11-10-14-7(12)4-8(15-10)16(2-13-4)9-6(19)5(18)3(1-17)20-9;1-2(3)4/h2-3,5-6,9,17-19H,1H2,(H2,12,14,15);1H3,(H,3,4)/t3-,5-,6+,9-;/m1./s1. The zero-order valence-electron chi connectivity index (χ0n) is 12.4. The number of nitrogens with two attached hydrogens (primary N) is 1. The normalized spacial score (nSPS) is 26.2. The number of nitrogen functional groups attached to an aromatic ring is 1. The van der Waals surface area contributed by atoms with E-state index in [1.807, 2.05) is 0 Å². The molecule has 2 aromatic rings. The third-order valence-electron chi connectivity index (χ3n) is 3.21. The Hall–Kier alpha value is -2.41. The van der Waals surface area contributed by atoms with Crippen molar-refractivity contribution < 1.29 is 34.3 Å². The molecule has 12 heteroatoms. The minimum absolute atomic E-state index is 0.0323. The molecule has 1 fully saturated rings. The molecule has 0 radical (unpaired) electrons. The first-order valence-electron chi connectivity index (χ1n) is 6.73. The SMILES string of the molecule is CC(=O)O.Nc1nc(F)nc2c1ncn2[C@@H]1O[C@H](CO)[C@@H](O)[C@@H]1O. The molecule has 3 rings (SSSR count). The molecule has 11 nitrogen and oxygen atoms in total. The molecule has 0 amide bonds. The van der Waals surface area contributed by atoms with Crippen LogP contribution in [0.15, 0.2) is 6.33 Å². The highest BCUT2D eigenvalue weighted by Crippen LogP contribution is 2.31. The highest BCUT2D eigenvalue weighted by atomic mass is 19.1. The van der Waals surface area contributed by atoms with Crippen LogP contribution in [0.5, 0.6) is 0 Å². The molecule has 0 aromatic carbocycles. The molecule has 3 heterocycles. The van der Waals surface area contributed by atoms with Gasteiger partial charge in [0.15, 0.2) is 23.2 Å². The summed E-state index contributed by atoms with van der Waals surface area (Å²) < 4.78 is 19.8. The number of ether oxygens (including phenoxy) is 1. The van der Waals surface area contributed by atoms with E-state index in [4.69, 9.17) is 25.5 Å². The Balaban J connectivity index is 0.000000471. The number of hydrogen-bond acceptors (Lipinski definition) is 9. The van der Waals surface area contributed by atoms with Gasteiger partial charge >= 0.3 is 6.08 Å². The number of carboxylic acid groups (broad SMARTS) is 1. The molecule has 0 spiro atoms. The number of aliphatic hydroxyl groups excluding tert-OH is 3. The Bertz CT molecular complexity index is 736. The van der Waals surface area contributed by atoms with Gasteiger partial charge in [0, 0.05) is 6.92 Å². The van der Waals surface area contributed by atoms with E-state index in [1.54, 1.807) is 0 Å². The van der Waals surface area contributed by atoms with Crippen molar-refractivity contribution in [1.82, 2.24) is 19.5 Å². The first kappa shape index (κ1) is 17.9. The van der Waals surface area contributed by atoms with Crippen LogP contribution in [0, 0.1) is 6.08 Å². The molecule has 0 unspecified atom stereocenters. The molecule has 1 saturated heterocycles. The molecule has 0 aliphatic carbocycles. The van der Waals surface area contributed by atoms with Crippen LogP contribution in [-0.4, -0.2) is 70.8 Å². The summed E-state index contributed by atoms with van der Waals surface area (Å²) in [5.74, 6) is -0.974. The van der Waals surface area contributed by atoms with Crippen LogP contribution in [-0.2, 0) is 9.53 Å². The van der Waals surface area contributed by atoms with Crippen molar-refractivity contribution in [2.24, 2.45) is 0 Å². The number of aliphatic carboxylic acids is 1. The largest absolute Gasteiger partial charge is 0.481 e. The van der Waals surface area contributed by atoms with Gasteiger partial charge in [0.2, 0.25) is 0 Å². The van der Waals surface area contributed by atoms with E-state index in [2.05, 4.69) is 15.0 Å². The second kappa shape index (κ2) is 7.00. The summed E-state index contributed by atoms with van der Waals surface area (Å²) >= 11 is 0. The van der Waals surface area contributed by atoms with Gasteiger partial charge in [-0.05, 0) is 0 Å². The van der Waals surface area contributed by atoms with E-state index >= 15 is 0 Å². The van der Waals surface area contributed by atoms with Gasteiger partial charge in [0.25, 0.3) is 5.97 Å². The van der Waals surface area contributed by atoms with Crippen molar-refractivity contribution in [3.8, 4) is 0 Å². The highest BCUT2D eigenvalue weighted by Gasteiger charge is 2.44. The van der Waals surface area contributed by atoms with Crippen LogP contribution in [0.4, 0.5) is 10.2 Å². The summed E-state index contributed by atoms with van der Waals surface area (Å²) in [4.78, 5) is 19.8. The van der Waals surface area contributed by atoms with Crippen LogP contribution >= 0.6 is 0 Å². The van der Waals surface area contributed by atoms with Crippen molar-refractivity contribution >= 4 is 23.0 Å². The van der Waals surface area contributed by atoms with Crippen LogP contribution in [0.1, 0.15) is 13.2 Å². The lowest BCUT2D eigenvalue weighted by Gasteiger charge is -2.16. The van der Waals surface area contributed by atoms with Crippen LogP contribution in [0.2, 0.25) is 0 Å². The quantitative estimate of drug-likeness (QED) is 0.392.